The van der Waals surface area contributed by atoms with Gasteiger partial charge in [0.05, 0.1) is 25.3 Å². The van der Waals surface area contributed by atoms with Gasteiger partial charge in [-0.05, 0) is 26.0 Å². The molecule has 1 aromatic heterocycles. The molecule has 2 rings (SSSR count). The second-order valence-corrected chi connectivity index (χ2v) is 4.20. The number of nitrogens with zero attached hydrogens (tertiary/aromatic N) is 2. The average molecular weight is 241 g/mol. The number of aromatic nitrogens is 2. The maximum absolute atomic E-state index is 8.70. The van der Waals surface area contributed by atoms with Gasteiger partial charge in [-0.15, -0.1) is 0 Å². The lowest BCUT2D eigenvalue weighted by Crippen LogP contribution is -1.90. The Morgan fingerprint density at radius 2 is 2.17 bits per heavy atom. The number of aromatic amines is 1. The summed E-state index contributed by atoms with van der Waals surface area (Å²) >= 11 is 0. The normalized spacial score (nSPS) is 10.1. The van der Waals surface area contributed by atoms with Crippen molar-refractivity contribution < 1.29 is 4.74 Å². The number of imidazole rings is 1. The summed E-state index contributed by atoms with van der Waals surface area (Å²) in [6.07, 6.45) is 0.287. The summed E-state index contributed by atoms with van der Waals surface area (Å²) in [5, 5.41) is 8.70. The summed E-state index contributed by atoms with van der Waals surface area (Å²) in [6.45, 7) is 3.98. The van der Waals surface area contributed by atoms with Crippen LogP contribution < -0.4 is 4.74 Å². The Labute approximate surface area is 106 Å². The molecule has 0 spiro atoms. The molecule has 0 aliphatic carbocycles. The molecule has 1 N–H and O–H groups in total. The zero-order valence-electron chi connectivity index (χ0n) is 10.7. The minimum atomic E-state index is 0.287. The SMILES string of the molecule is COc1ccc(C)cc1-c1nc(CC#N)[nH]c1C. The Hall–Kier alpha value is -2.28. The molecule has 0 unspecified atom stereocenters. The van der Waals surface area contributed by atoms with Crippen LogP contribution in [-0.4, -0.2) is 17.1 Å². The van der Waals surface area contributed by atoms with E-state index >= 15 is 0 Å². The highest BCUT2D eigenvalue weighted by atomic mass is 16.5. The molecule has 0 saturated carbocycles. The van der Waals surface area contributed by atoms with Crippen LogP contribution in [0.2, 0.25) is 0 Å². The molecule has 4 heteroatoms. The van der Waals surface area contributed by atoms with Crippen molar-refractivity contribution in [2.45, 2.75) is 20.3 Å². The highest BCUT2D eigenvalue weighted by Crippen LogP contribution is 2.31. The summed E-state index contributed by atoms with van der Waals surface area (Å²) in [5.74, 6) is 1.48. The van der Waals surface area contributed by atoms with Gasteiger partial charge in [-0.3, -0.25) is 0 Å². The number of hydrogen-bond donors (Lipinski definition) is 1. The van der Waals surface area contributed by atoms with E-state index in [0.29, 0.717) is 5.82 Å². The Morgan fingerprint density at radius 1 is 1.39 bits per heavy atom. The molecule has 0 amide bonds. The van der Waals surface area contributed by atoms with E-state index in [1.165, 1.54) is 0 Å². The summed E-state index contributed by atoms with van der Waals surface area (Å²) in [4.78, 5) is 7.59. The quantitative estimate of drug-likeness (QED) is 0.898. The fraction of sp³-hybridized carbons (Fsp3) is 0.286. The lowest BCUT2D eigenvalue weighted by atomic mass is 10.1. The fourth-order valence-corrected chi connectivity index (χ4v) is 1.95. The molecular formula is C14H15N3O. The first-order valence-corrected chi connectivity index (χ1v) is 5.73. The minimum Gasteiger partial charge on any atom is -0.496 e. The third kappa shape index (κ3) is 2.21. The largest absolute Gasteiger partial charge is 0.496 e. The van der Waals surface area contributed by atoms with Gasteiger partial charge in [0.1, 0.15) is 11.6 Å². The molecule has 0 saturated heterocycles. The van der Waals surface area contributed by atoms with Gasteiger partial charge in [-0.1, -0.05) is 11.6 Å². The van der Waals surface area contributed by atoms with E-state index in [1.807, 2.05) is 32.0 Å². The van der Waals surface area contributed by atoms with Gasteiger partial charge in [-0.2, -0.15) is 5.26 Å². The highest BCUT2D eigenvalue weighted by Gasteiger charge is 2.13. The predicted octanol–water partition coefficient (Wildman–Crippen LogP) is 2.77. The van der Waals surface area contributed by atoms with Crippen LogP contribution in [0.5, 0.6) is 5.75 Å². The van der Waals surface area contributed by atoms with Crippen LogP contribution in [-0.2, 0) is 6.42 Å². The number of nitrogens with one attached hydrogen (secondary N) is 1. The zero-order chi connectivity index (χ0) is 13.1. The van der Waals surface area contributed by atoms with Crippen molar-refractivity contribution in [1.82, 2.24) is 9.97 Å². The smallest absolute Gasteiger partial charge is 0.128 e. The minimum absolute atomic E-state index is 0.287. The number of H-pyrrole nitrogens is 1. The molecule has 92 valence electrons. The van der Waals surface area contributed by atoms with E-state index < -0.39 is 0 Å². The number of nitriles is 1. The molecule has 18 heavy (non-hydrogen) atoms. The summed E-state index contributed by atoms with van der Waals surface area (Å²) < 4.78 is 5.36. The number of ether oxygens (including phenoxy) is 1. The highest BCUT2D eigenvalue weighted by molar-refractivity contribution is 5.70. The molecule has 1 heterocycles. The van der Waals surface area contributed by atoms with Crippen LogP contribution in [0, 0.1) is 25.2 Å². The standard InChI is InChI=1S/C14H15N3O/c1-9-4-5-12(18-3)11(8-9)14-10(2)16-13(17-14)6-7-15/h4-5,8H,6H2,1-3H3,(H,16,17). The van der Waals surface area contributed by atoms with Gasteiger partial charge < -0.3 is 9.72 Å². The molecule has 0 aliphatic heterocycles. The molecule has 0 aliphatic rings. The predicted molar refractivity (Wildman–Crippen MR) is 69.4 cm³/mol. The molecular weight excluding hydrogens is 226 g/mol. The van der Waals surface area contributed by atoms with E-state index in [1.54, 1.807) is 7.11 Å². The third-order valence-electron chi connectivity index (χ3n) is 2.79. The molecule has 1 aromatic carbocycles. The summed E-state index contributed by atoms with van der Waals surface area (Å²) in [6, 6.07) is 8.06. The number of hydrogen-bond acceptors (Lipinski definition) is 3. The van der Waals surface area contributed by atoms with Crippen molar-refractivity contribution >= 4 is 0 Å². The van der Waals surface area contributed by atoms with Gasteiger partial charge in [-0.25, -0.2) is 4.98 Å². The van der Waals surface area contributed by atoms with Crippen LogP contribution in [0.1, 0.15) is 17.1 Å². The molecule has 2 aromatic rings. The first-order chi connectivity index (χ1) is 8.65. The van der Waals surface area contributed by atoms with Gasteiger partial charge >= 0.3 is 0 Å². The number of benzene rings is 1. The van der Waals surface area contributed by atoms with Gasteiger partial charge in [0.2, 0.25) is 0 Å². The van der Waals surface area contributed by atoms with Crippen LogP contribution in [0.15, 0.2) is 18.2 Å². The van der Waals surface area contributed by atoms with Crippen LogP contribution >= 0.6 is 0 Å². The Balaban J connectivity index is 2.54. The molecule has 0 atom stereocenters. The summed E-state index contributed by atoms with van der Waals surface area (Å²) in [7, 11) is 1.65. The number of rotatable bonds is 3. The van der Waals surface area contributed by atoms with E-state index in [2.05, 4.69) is 16.0 Å². The monoisotopic (exact) mass is 241 g/mol. The van der Waals surface area contributed by atoms with Crippen molar-refractivity contribution in [3.8, 4) is 23.1 Å². The van der Waals surface area contributed by atoms with Gasteiger partial charge in [0.15, 0.2) is 0 Å². The lowest BCUT2D eigenvalue weighted by Gasteiger charge is -2.08. The van der Waals surface area contributed by atoms with Crippen LogP contribution in [0.4, 0.5) is 0 Å². The second kappa shape index (κ2) is 4.92. The average Bonchev–Trinajstić information content (AvgIpc) is 2.70. The first-order valence-electron chi connectivity index (χ1n) is 5.73. The molecule has 0 bridgehead atoms. The second-order valence-electron chi connectivity index (χ2n) is 4.20. The van der Waals surface area contributed by atoms with Crippen molar-refractivity contribution in [2.75, 3.05) is 7.11 Å². The van der Waals surface area contributed by atoms with Gasteiger partial charge in [0.25, 0.3) is 0 Å². The molecule has 0 fully saturated rings. The van der Waals surface area contributed by atoms with Crippen molar-refractivity contribution in [3.63, 3.8) is 0 Å². The van der Waals surface area contributed by atoms with Crippen LogP contribution in [0.3, 0.4) is 0 Å². The third-order valence-corrected chi connectivity index (χ3v) is 2.79. The maximum Gasteiger partial charge on any atom is 0.128 e. The fourth-order valence-electron chi connectivity index (χ4n) is 1.95. The van der Waals surface area contributed by atoms with E-state index in [9.17, 15) is 0 Å². The van der Waals surface area contributed by atoms with E-state index in [4.69, 9.17) is 10.00 Å². The Bertz CT molecular complexity index is 608. The van der Waals surface area contributed by atoms with E-state index in [-0.39, 0.29) is 6.42 Å². The van der Waals surface area contributed by atoms with E-state index in [0.717, 1.165) is 28.3 Å². The van der Waals surface area contributed by atoms with Crippen molar-refractivity contribution in [3.05, 3.63) is 35.3 Å². The maximum atomic E-state index is 8.70. The first kappa shape index (κ1) is 12.2. The zero-order valence-corrected chi connectivity index (χ0v) is 10.7. The van der Waals surface area contributed by atoms with Crippen molar-refractivity contribution in [2.24, 2.45) is 0 Å². The lowest BCUT2D eigenvalue weighted by molar-refractivity contribution is 0.416. The Morgan fingerprint density at radius 3 is 2.83 bits per heavy atom. The number of aryl methyl sites for hydroxylation is 2. The Kier molecular flexibility index (Phi) is 3.33. The number of methoxy groups -OCH3 is 1. The van der Waals surface area contributed by atoms with Crippen LogP contribution in [0.25, 0.3) is 11.3 Å². The van der Waals surface area contributed by atoms with Gasteiger partial charge in [0, 0.05) is 11.3 Å². The molecule has 4 nitrogen and oxygen atoms in total. The molecule has 0 radical (unpaired) electrons. The summed E-state index contributed by atoms with van der Waals surface area (Å²) in [5.41, 5.74) is 3.90. The van der Waals surface area contributed by atoms with Crippen molar-refractivity contribution in [1.29, 1.82) is 5.26 Å². The topological polar surface area (TPSA) is 61.7 Å².